The van der Waals surface area contributed by atoms with Crippen LogP contribution in [0.1, 0.15) is 88.4 Å². The van der Waals surface area contributed by atoms with Gasteiger partial charge in [-0.05, 0) is 70.5 Å². The summed E-state index contributed by atoms with van der Waals surface area (Å²) in [7, 11) is 0. The molecule has 2 aromatic rings. The summed E-state index contributed by atoms with van der Waals surface area (Å²) in [5.74, 6) is -2.22. The van der Waals surface area contributed by atoms with Crippen molar-refractivity contribution in [3.8, 4) is 0 Å². The third-order valence-electron chi connectivity index (χ3n) is 5.04. The Bertz CT molecular complexity index is 1030. The van der Waals surface area contributed by atoms with E-state index in [-0.39, 0.29) is 76.0 Å². The lowest BCUT2D eigenvalue weighted by Gasteiger charge is -2.25. The number of carbonyl (C=O) groups is 6. The van der Waals surface area contributed by atoms with Crippen molar-refractivity contribution in [2.75, 3.05) is 4.90 Å². The summed E-state index contributed by atoms with van der Waals surface area (Å²) in [4.78, 5) is 74.0. The largest absolute Gasteiger partial charge is 0.370 e. The maximum Gasteiger partial charge on any atom is 0.231 e. The number of nitrogens with two attached hydrogens (primary N) is 1. The van der Waals surface area contributed by atoms with Crippen LogP contribution in [0.25, 0.3) is 0 Å². The van der Waals surface area contributed by atoms with E-state index in [1.807, 2.05) is 0 Å². The van der Waals surface area contributed by atoms with Gasteiger partial charge in [0.1, 0.15) is 0 Å². The first-order valence-electron chi connectivity index (χ1n) is 10.4. The molecule has 2 aromatic carbocycles. The minimum Gasteiger partial charge on any atom is -0.370 e. The molecule has 8 nitrogen and oxygen atoms in total. The molecule has 0 heterocycles. The lowest BCUT2D eigenvalue weighted by molar-refractivity contribution is -0.119. The molecule has 172 valence electrons. The molecule has 0 atom stereocenters. The molecule has 0 aromatic heterocycles. The van der Waals surface area contributed by atoms with Gasteiger partial charge >= 0.3 is 0 Å². The summed E-state index contributed by atoms with van der Waals surface area (Å²) >= 11 is 0. The Kier molecular flexibility index (Phi) is 8.12. The number of carbonyl (C=O) groups excluding carboxylic acids is 6. The van der Waals surface area contributed by atoms with E-state index in [4.69, 9.17) is 5.73 Å². The average Bonchev–Trinajstić information content (AvgIpc) is 2.73. The van der Waals surface area contributed by atoms with Crippen molar-refractivity contribution in [3.05, 3.63) is 58.7 Å². The number of nitrogens with zero attached hydrogens (tertiary/aromatic N) is 1. The third-order valence-corrected chi connectivity index (χ3v) is 5.04. The van der Waals surface area contributed by atoms with Gasteiger partial charge in [0.2, 0.25) is 11.8 Å². The lowest BCUT2D eigenvalue weighted by atomic mass is 10.0. The molecule has 33 heavy (non-hydrogen) atoms. The quantitative estimate of drug-likeness (QED) is 0.547. The van der Waals surface area contributed by atoms with Crippen molar-refractivity contribution >= 4 is 46.3 Å². The SMILES string of the molecule is CC(=O)c1cc(C(C)=O)cc(N(C(=O)CCCC(N)=O)c2cc(C(C)=O)cc(C(C)=O)c2)c1. The van der Waals surface area contributed by atoms with Crippen LogP contribution in [0.15, 0.2) is 36.4 Å². The maximum absolute atomic E-state index is 13.3. The number of rotatable bonds is 10. The highest BCUT2D eigenvalue weighted by Crippen LogP contribution is 2.31. The Morgan fingerprint density at radius 3 is 1.21 bits per heavy atom. The Labute approximate surface area is 191 Å². The van der Waals surface area contributed by atoms with Crippen LogP contribution in [-0.4, -0.2) is 34.9 Å². The van der Waals surface area contributed by atoms with Crippen LogP contribution in [0.4, 0.5) is 11.4 Å². The minimum atomic E-state index is -0.552. The summed E-state index contributed by atoms with van der Waals surface area (Å²) < 4.78 is 0. The molecular weight excluding hydrogens is 424 g/mol. The Morgan fingerprint density at radius 1 is 0.606 bits per heavy atom. The number of ketones is 4. The monoisotopic (exact) mass is 450 g/mol. The van der Waals surface area contributed by atoms with Crippen LogP contribution >= 0.6 is 0 Å². The molecule has 0 fully saturated rings. The van der Waals surface area contributed by atoms with Gasteiger partial charge in [-0.25, -0.2) is 0 Å². The van der Waals surface area contributed by atoms with Crippen molar-refractivity contribution in [3.63, 3.8) is 0 Å². The van der Waals surface area contributed by atoms with E-state index >= 15 is 0 Å². The summed E-state index contributed by atoms with van der Waals surface area (Å²) in [6, 6.07) is 8.75. The predicted molar refractivity (Wildman–Crippen MR) is 123 cm³/mol. The van der Waals surface area contributed by atoms with E-state index in [1.165, 1.54) is 69.0 Å². The zero-order chi connectivity index (χ0) is 24.9. The first kappa shape index (κ1) is 25.3. The Morgan fingerprint density at radius 2 is 0.939 bits per heavy atom. The van der Waals surface area contributed by atoms with Crippen molar-refractivity contribution in [2.24, 2.45) is 5.73 Å². The van der Waals surface area contributed by atoms with Gasteiger partial charge in [0.15, 0.2) is 23.1 Å². The van der Waals surface area contributed by atoms with E-state index < -0.39 is 11.8 Å². The summed E-state index contributed by atoms with van der Waals surface area (Å²) in [6.45, 7) is 5.36. The van der Waals surface area contributed by atoms with Crippen LogP contribution < -0.4 is 10.6 Å². The molecule has 2 rings (SSSR count). The van der Waals surface area contributed by atoms with Crippen LogP contribution in [0.3, 0.4) is 0 Å². The van der Waals surface area contributed by atoms with Gasteiger partial charge in [-0.1, -0.05) is 0 Å². The van der Waals surface area contributed by atoms with Gasteiger partial charge in [-0.15, -0.1) is 0 Å². The van der Waals surface area contributed by atoms with Gasteiger partial charge in [-0.3, -0.25) is 33.7 Å². The zero-order valence-electron chi connectivity index (χ0n) is 19.1. The summed E-state index contributed by atoms with van der Waals surface area (Å²) in [5.41, 5.74) is 6.53. The molecular formula is C25H26N2O6. The fourth-order valence-corrected chi connectivity index (χ4v) is 3.26. The summed E-state index contributed by atoms with van der Waals surface area (Å²) in [5, 5.41) is 0. The van der Waals surface area contributed by atoms with E-state index in [2.05, 4.69) is 0 Å². The molecule has 0 aliphatic rings. The van der Waals surface area contributed by atoms with E-state index in [9.17, 15) is 28.8 Å². The van der Waals surface area contributed by atoms with E-state index in [0.717, 1.165) is 0 Å². The second-order valence-electron chi connectivity index (χ2n) is 7.81. The van der Waals surface area contributed by atoms with Crippen LogP contribution in [-0.2, 0) is 9.59 Å². The molecule has 0 spiro atoms. The van der Waals surface area contributed by atoms with Crippen molar-refractivity contribution in [1.82, 2.24) is 0 Å². The van der Waals surface area contributed by atoms with Gasteiger partial charge < -0.3 is 5.73 Å². The van der Waals surface area contributed by atoms with Gasteiger partial charge in [0.05, 0.1) is 11.4 Å². The fraction of sp³-hybridized carbons (Fsp3) is 0.280. The minimum absolute atomic E-state index is 0.00204. The third kappa shape index (κ3) is 6.52. The normalized spacial score (nSPS) is 10.4. The van der Waals surface area contributed by atoms with Crippen molar-refractivity contribution in [1.29, 1.82) is 0 Å². The highest BCUT2D eigenvalue weighted by atomic mass is 16.2. The standard InChI is InChI=1S/C25H26N2O6/c1-14(28)18-8-19(15(2)29)11-22(10-18)27(25(33)7-5-6-24(26)32)23-12-20(16(3)30)9-21(13-23)17(4)31/h8-13H,5-7H2,1-4H3,(H2,26,32). The maximum atomic E-state index is 13.3. The van der Waals surface area contributed by atoms with Crippen LogP contribution in [0.5, 0.6) is 0 Å². The second kappa shape index (κ2) is 10.6. The van der Waals surface area contributed by atoms with Gasteiger partial charge in [0, 0.05) is 35.1 Å². The molecule has 0 bridgehead atoms. The molecule has 8 heteroatoms. The zero-order valence-corrected chi connectivity index (χ0v) is 19.1. The smallest absolute Gasteiger partial charge is 0.231 e. The highest BCUT2D eigenvalue weighted by molar-refractivity contribution is 6.08. The Balaban J connectivity index is 2.75. The molecule has 0 unspecified atom stereocenters. The fourth-order valence-electron chi connectivity index (χ4n) is 3.26. The topological polar surface area (TPSA) is 132 Å². The Hall–Kier alpha value is -3.94. The first-order valence-corrected chi connectivity index (χ1v) is 10.4. The number of benzene rings is 2. The number of amides is 2. The molecule has 0 aliphatic heterocycles. The van der Waals surface area contributed by atoms with Crippen LogP contribution in [0, 0.1) is 0 Å². The van der Waals surface area contributed by atoms with E-state index in [1.54, 1.807) is 0 Å². The average molecular weight is 450 g/mol. The lowest BCUT2D eigenvalue weighted by Crippen LogP contribution is -2.27. The molecule has 0 aliphatic carbocycles. The number of anilines is 2. The molecule has 2 amide bonds. The number of Topliss-reactive ketones (excluding diaryl/α,β-unsaturated/α-hetero) is 4. The van der Waals surface area contributed by atoms with Crippen LogP contribution in [0.2, 0.25) is 0 Å². The molecule has 0 saturated heterocycles. The predicted octanol–water partition coefficient (Wildman–Crippen LogP) is 3.82. The highest BCUT2D eigenvalue weighted by Gasteiger charge is 2.23. The number of hydrogen-bond donors (Lipinski definition) is 1. The summed E-state index contributed by atoms with van der Waals surface area (Å²) in [6.07, 6.45) is 0.114. The number of hydrogen-bond acceptors (Lipinski definition) is 6. The second-order valence-corrected chi connectivity index (χ2v) is 7.81. The molecule has 2 N–H and O–H groups in total. The first-order chi connectivity index (χ1) is 15.4. The molecule has 0 saturated carbocycles. The number of primary amides is 1. The van der Waals surface area contributed by atoms with Gasteiger partial charge in [0.25, 0.3) is 0 Å². The van der Waals surface area contributed by atoms with Crippen molar-refractivity contribution in [2.45, 2.75) is 47.0 Å². The van der Waals surface area contributed by atoms with Gasteiger partial charge in [-0.2, -0.15) is 0 Å². The van der Waals surface area contributed by atoms with Crippen molar-refractivity contribution < 1.29 is 28.8 Å². The van der Waals surface area contributed by atoms with E-state index in [0.29, 0.717) is 0 Å². The molecule has 0 radical (unpaired) electrons.